The number of aromatic nitrogens is 1. The maximum absolute atomic E-state index is 12.9. The van der Waals surface area contributed by atoms with Gasteiger partial charge in [-0.1, -0.05) is 24.6 Å². The minimum Gasteiger partial charge on any atom is -0.480 e. The maximum atomic E-state index is 12.9. The zero-order valence-corrected chi connectivity index (χ0v) is 20.8. The molecular formula is C24H35N7O7. The number of hydrogen-bond acceptors (Lipinski definition) is 8. The molecule has 0 aliphatic heterocycles. The highest BCUT2D eigenvalue weighted by molar-refractivity contribution is 5.96. The molecule has 14 heteroatoms. The maximum Gasteiger partial charge on any atom is 0.326 e. The number of H-pyrrole nitrogens is 1. The number of carboxylic acids is 1. The predicted octanol–water partition coefficient (Wildman–Crippen LogP) is -2.43. The van der Waals surface area contributed by atoms with Crippen LogP contribution in [-0.4, -0.2) is 82.1 Å². The standard InChI is InChI=1S/C24H35N7O7/c25-8-4-3-6-15(26)21(34)31-19(12-32)23(36)29-17(10-20(27)33)22(35)30-18(24(37)38)9-13-11-28-16-7-2-1-5-14(13)16/h1-2,5,7,11,15,17-19,28,32H,3-4,6,8-10,12,25-26H2,(H2,27,33)(H,29,36)(H,30,35)(H,31,34)(H,37,38). The first kappa shape index (κ1) is 30.2. The van der Waals surface area contributed by atoms with Crippen LogP contribution in [0, 0.1) is 0 Å². The van der Waals surface area contributed by atoms with E-state index in [0.717, 1.165) is 10.9 Å². The number of carbonyl (C=O) groups is 5. The highest BCUT2D eigenvalue weighted by Gasteiger charge is 2.31. The SMILES string of the molecule is NCCCCC(N)C(=O)NC(CO)C(=O)NC(CC(N)=O)C(=O)NC(Cc1c[nH]c2ccccc12)C(=O)O. The molecule has 4 atom stereocenters. The van der Waals surface area contributed by atoms with Crippen molar-refractivity contribution in [2.24, 2.45) is 17.2 Å². The van der Waals surface area contributed by atoms with Crippen molar-refractivity contribution in [3.8, 4) is 0 Å². The number of benzene rings is 1. The molecule has 1 aromatic heterocycles. The number of nitrogens with one attached hydrogen (secondary N) is 4. The van der Waals surface area contributed by atoms with Gasteiger partial charge in [-0.15, -0.1) is 0 Å². The van der Waals surface area contributed by atoms with Crippen LogP contribution in [0.2, 0.25) is 0 Å². The van der Waals surface area contributed by atoms with Gasteiger partial charge in [0.2, 0.25) is 23.6 Å². The van der Waals surface area contributed by atoms with Gasteiger partial charge < -0.3 is 48.3 Å². The lowest BCUT2D eigenvalue weighted by molar-refractivity contribution is -0.142. The van der Waals surface area contributed by atoms with Crippen molar-refractivity contribution < 1.29 is 34.2 Å². The molecule has 2 aromatic rings. The molecular weight excluding hydrogens is 498 g/mol. The van der Waals surface area contributed by atoms with Gasteiger partial charge in [0.15, 0.2) is 0 Å². The van der Waals surface area contributed by atoms with Crippen LogP contribution in [0.4, 0.5) is 0 Å². The summed E-state index contributed by atoms with van der Waals surface area (Å²) in [4.78, 5) is 64.4. The first-order valence-corrected chi connectivity index (χ1v) is 12.1. The average Bonchev–Trinajstić information content (AvgIpc) is 3.28. The molecule has 38 heavy (non-hydrogen) atoms. The zero-order chi connectivity index (χ0) is 28.2. The smallest absolute Gasteiger partial charge is 0.326 e. The molecule has 0 radical (unpaired) electrons. The highest BCUT2D eigenvalue weighted by atomic mass is 16.4. The Morgan fingerprint density at radius 1 is 0.921 bits per heavy atom. The molecule has 4 unspecified atom stereocenters. The molecule has 0 bridgehead atoms. The first-order chi connectivity index (χ1) is 18.1. The van der Waals surface area contributed by atoms with Crippen molar-refractivity contribution in [3.63, 3.8) is 0 Å². The molecule has 0 spiro atoms. The second kappa shape index (κ2) is 14.7. The van der Waals surface area contributed by atoms with E-state index in [1.807, 2.05) is 12.1 Å². The molecule has 0 saturated carbocycles. The summed E-state index contributed by atoms with van der Waals surface area (Å²) in [6.07, 6.45) is 2.45. The first-order valence-electron chi connectivity index (χ1n) is 12.1. The van der Waals surface area contributed by atoms with E-state index in [2.05, 4.69) is 20.9 Å². The third-order valence-corrected chi connectivity index (χ3v) is 5.87. The number of aliphatic carboxylic acids is 1. The van der Waals surface area contributed by atoms with Crippen LogP contribution < -0.4 is 33.2 Å². The molecule has 0 aliphatic carbocycles. The molecule has 0 saturated heterocycles. The Labute approximate surface area is 218 Å². The van der Waals surface area contributed by atoms with Crippen LogP contribution in [0.1, 0.15) is 31.2 Å². The van der Waals surface area contributed by atoms with Gasteiger partial charge in [-0.2, -0.15) is 0 Å². The van der Waals surface area contributed by atoms with Gasteiger partial charge in [0.25, 0.3) is 0 Å². The lowest BCUT2D eigenvalue weighted by Gasteiger charge is -2.24. The van der Waals surface area contributed by atoms with Gasteiger partial charge in [0.05, 0.1) is 19.1 Å². The van der Waals surface area contributed by atoms with Gasteiger partial charge in [0, 0.05) is 23.5 Å². The van der Waals surface area contributed by atoms with E-state index in [9.17, 15) is 34.2 Å². The second-order valence-corrected chi connectivity index (χ2v) is 8.83. The number of para-hydroxylation sites is 1. The van der Waals surface area contributed by atoms with E-state index in [1.54, 1.807) is 18.3 Å². The summed E-state index contributed by atoms with van der Waals surface area (Å²) >= 11 is 0. The van der Waals surface area contributed by atoms with Crippen LogP contribution in [0.3, 0.4) is 0 Å². The van der Waals surface area contributed by atoms with Gasteiger partial charge >= 0.3 is 5.97 Å². The Hall–Kier alpha value is -4.01. The van der Waals surface area contributed by atoms with E-state index in [4.69, 9.17) is 17.2 Å². The van der Waals surface area contributed by atoms with Crippen molar-refractivity contribution in [2.45, 2.75) is 56.3 Å². The normalized spacial score (nSPS) is 14.2. The summed E-state index contributed by atoms with van der Waals surface area (Å²) in [5.41, 5.74) is 17.9. The van der Waals surface area contributed by atoms with E-state index in [-0.39, 0.29) is 6.42 Å². The van der Waals surface area contributed by atoms with Crippen molar-refractivity contribution in [1.82, 2.24) is 20.9 Å². The average molecular weight is 534 g/mol. The molecule has 2 rings (SSSR count). The summed E-state index contributed by atoms with van der Waals surface area (Å²) in [6.45, 7) is -0.389. The Morgan fingerprint density at radius 2 is 1.55 bits per heavy atom. The van der Waals surface area contributed by atoms with E-state index >= 15 is 0 Å². The fourth-order valence-electron chi connectivity index (χ4n) is 3.79. The summed E-state index contributed by atoms with van der Waals surface area (Å²) in [6, 6.07) is 1.83. The van der Waals surface area contributed by atoms with Crippen LogP contribution >= 0.6 is 0 Å². The summed E-state index contributed by atoms with van der Waals surface area (Å²) < 4.78 is 0. The minimum absolute atomic E-state index is 0.0836. The van der Waals surface area contributed by atoms with Gasteiger partial charge in [0.1, 0.15) is 18.1 Å². The van der Waals surface area contributed by atoms with Crippen LogP contribution in [-0.2, 0) is 30.4 Å². The third-order valence-electron chi connectivity index (χ3n) is 5.87. The number of rotatable bonds is 16. The Morgan fingerprint density at radius 3 is 2.18 bits per heavy atom. The van der Waals surface area contributed by atoms with E-state index in [0.29, 0.717) is 31.4 Å². The van der Waals surface area contributed by atoms with Crippen molar-refractivity contribution in [1.29, 1.82) is 0 Å². The number of carbonyl (C=O) groups excluding carboxylic acids is 4. The van der Waals surface area contributed by atoms with Crippen LogP contribution in [0.15, 0.2) is 30.5 Å². The number of aliphatic hydroxyl groups is 1. The third kappa shape index (κ3) is 8.83. The predicted molar refractivity (Wildman–Crippen MR) is 137 cm³/mol. The summed E-state index contributed by atoms with van der Waals surface area (Å²) in [7, 11) is 0. The van der Waals surface area contributed by atoms with Crippen molar-refractivity contribution in [2.75, 3.05) is 13.2 Å². The van der Waals surface area contributed by atoms with Crippen molar-refractivity contribution in [3.05, 3.63) is 36.0 Å². The molecule has 14 nitrogen and oxygen atoms in total. The lowest BCUT2D eigenvalue weighted by atomic mass is 10.0. The number of amides is 4. The molecule has 1 aromatic carbocycles. The number of hydrogen-bond donors (Lipinski definition) is 9. The topological polar surface area (TPSA) is 256 Å². The summed E-state index contributed by atoms with van der Waals surface area (Å²) in [5.74, 6) is -4.94. The van der Waals surface area contributed by atoms with Crippen molar-refractivity contribution >= 4 is 40.5 Å². The number of aromatic amines is 1. The van der Waals surface area contributed by atoms with E-state index < -0.39 is 66.8 Å². The lowest BCUT2D eigenvalue weighted by Crippen LogP contribution is -2.58. The second-order valence-electron chi connectivity index (χ2n) is 8.83. The van der Waals surface area contributed by atoms with Gasteiger partial charge in [-0.3, -0.25) is 19.2 Å². The largest absolute Gasteiger partial charge is 0.480 e. The molecule has 1 heterocycles. The zero-order valence-electron chi connectivity index (χ0n) is 20.8. The number of nitrogens with two attached hydrogens (primary N) is 3. The molecule has 12 N–H and O–H groups in total. The number of carboxylic acid groups (broad SMARTS) is 1. The molecule has 208 valence electrons. The molecule has 4 amide bonds. The van der Waals surface area contributed by atoms with Crippen LogP contribution in [0.5, 0.6) is 0 Å². The van der Waals surface area contributed by atoms with Gasteiger partial charge in [-0.05, 0) is 31.0 Å². The molecule has 0 aliphatic rings. The van der Waals surface area contributed by atoms with Crippen LogP contribution in [0.25, 0.3) is 10.9 Å². The minimum atomic E-state index is -1.56. The Kier molecular flexibility index (Phi) is 11.7. The molecule has 0 fully saturated rings. The fourth-order valence-corrected chi connectivity index (χ4v) is 3.79. The highest BCUT2D eigenvalue weighted by Crippen LogP contribution is 2.19. The number of fused-ring (bicyclic) bond motifs is 1. The van der Waals surface area contributed by atoms with Gasteiger partial charge in [-0.25, -0.2) is 4.79 Å². The van der Waals surface area contributed by atoms with E-state index in [1.165, 1.54) is 0 Å². The number of primary amides is 1. The Balaban J connectivity index is 2.09. The quantitative estimate of drug-likeness (QED) is 0.104. The monoisotopic (exact) mass is 533 g/mol. The summed E-state index contributed by atoms with van der Waals surface area (Å²) in [5, 5.41) is 26.9. The number of unbranched alkanes of at least 4 members (excludes halogenated alkanes) is 1. The Bertz CT molecular complexity index is 1140. The fraction of sp³-hybridized carbons (Fsp3) is 0.458. The number of aliphatic hydroxyl groups excluding tert-OH is 1.